The van der Waals surface area contributed by atoms with Crippen LogP contribution in [0.1, 0.15) is 64.4 Å². The lowest BCUT2D eigenvalue weighted by atomic mass is 9.73. The molecule has 0 N–H and O–H groups in total. The summed E-state index contributed by atoms with van der Waals surface area (Å²) >= 11 is 6.14. The zero-order valence-electron chi connectivity index (χ0n) is 15.3. The third kappa shape index (κ3) is 4.11. The Morgan fingerprint density at radius 2 is 1.80 bits per heavy atom. The molecule has 2 atom stereocenters. The summed E-state index contributed by atoms with van der Waals surface area (Å²) in [5.74, 6) is 1.62. The van der Waals surface area contributed by atoms with Gasteiger partial charge in [0.15, 0.2) is 5.82 Å². The van der Waals surface area contributed by atoms with Crippen LogP contribution in [0.2, 0.25) is 5.02 Å². The minimum atomic E-state index is -0.342. The topological polar surface area (TPSA) is 9.23 Å². The maximum absolute atomic E-state index is 14.6. The molecule has 1 aromatic carbocycles. The van der Waals surface area contributed by atoms with Crippen LogP contribution in [-0.4, -0.2) is 6.61 Å². The average Bonchev–Trinajstić information content (AvgIpc) is 2.66. The second-order valence-electron chi connectivity index (χ2n) is 7.19. The largest absolute Gasteiger partial charge is 0.492 e. The molecule has 3 rings (SSSR count). The van der Waals surface area contributed by atoms with E-state index in [4.69, 9.17) is 16.3 Å². The zero-order chi connectivity index (χ0) is 17.8. The Kier molecular flexibility index (Phi) is 6.22. The van der Waals surface area contributed by atoms with Crippen molar-refractivity contribution in [1.29, 1.82) is 0 Å². The van der Waals surface area contributed by atoms with Gasteiger partial charge in [-0.2, -0.15) is 0 Å². The van der Waals surface area contributed by atoms with Crippen LogP contribution >= 0.6 is 11.6 Å². The first-order chi connectivity index (χ1) is 12.1. The molecule has 3 heteroatoms. The summed E-state index contributed by atoms with van der Waals surface area (Å²) < 4.78 is 20.0. The molecular weight excluding hydrogens is 335 g/mol. The van der Waals surface area contributed by atoms with E-state index >= 15 is 0 Å². The summed E-state index contributed by atoms with van der Waals surface area (Å²) in [5.41, 5.74) is 3.36. The van der Waals surface area contributed by atoms with Crippen molar-refractivity contribution in [3.8, 4) is 5.75 Å². The van der Waals surface area contributed by atoms with Gasteiger partial charge < -0.3 is 4.74 Å². The Labute approximate surface area is 155 Å². The zero-order valence-corrected chi connectivity index (χ0v) is 16.0. The Morgan fingerprint density at radius 1 is 1.08 bits per heavy atom. The molecule has 1 unspecified atom stereocenters. The van der Waals surface area contributed by atoms with E-state index in [0.717, 1.165) is 36.7 Å². The molecule has 2 aliphatic rings. The molecule has 0 radical (unpaired) electrons. The maximum atomic E-state index is 14.6. The van der Waals surface area contributed by atoms with Crippen LogP contribution in [0.5, 0.6) is 5.75 Å². The van der Waals surface area contributed by atoms with Crippen LogP contribution in [0, 0.1) is 17.7 Å². The van der Waals surface area contributed by atoms with Crippen LogP contribution in [0.25, 0.3) is 5.57 Å². The van der Waals surface area contributed by atoms with Crippen molar-refractivity contribution in [3.63, 3.8) is 0 Å². The number of ether oxygens (including phenoxy) is 1. The summed E-state index contributed by atoms with van der Waals surface area (Å²) in [7, 11) is 0. The van der Waals surface area contributed by atoms with E-state index in [2.05, 4.69) is 19.1 Å². The molecule has 0 heterocycles. The second-order valence-corrected chi connectivity index (χ2v) is 7.56. The van der Waals surface area contributed by atoms with Crippen LogP contribution in [0.3, 0.4) is 0 Å². The van der Waals surface area contributed by atoms with Gasteiger partial charge in [-0.05, 0) is 81.4 Å². The molecule has 1 aromatic rings. The highest BCUT2D eigenvalue weighted by Gasteiger charge is 2.26. The van der Waals surface area contributed by atoms with Gasteiger partial charge in [-0.1, -0.05) is 36.2 Å². The quantitative estimate of drug-likeness (QED) is 0.503. The summed E-state index contributed by atoms with van der Waals surface area (Å²) in [5, 5.41) is 0.104. The molecule has 0 bridgehead atoms. The lowest BCUT2D eigenvalue weighted by Gasteiger charge is -2.32. The molecule has 0 saturated heterocycles. The summed E-state index contributed by atoms with van der Waals surface area (Å²) in [6.07, 6.45) is 12.8. The van der Waals surface area contributed by atoms with Gasteiger partial charge in [-0.25, -0.2) is 4.39 Å². The Hall–Kier alpha value is -1.28. The molecule has 0 saturated carbocycles. The number of halogens is 2. The predicted molar refractivity (Wildman–Crippen MR) is 104 cm³/mol. The van der Waals surface area contributed by atoms with Gasteiger partial charge in [-0.15, -0.1) is 0 Å². The number of rotatable bonds is 5. The van der Waals surface area contributed by atoms with E-state index in [9.17, 15) is 4.39 Å². The van der Waals surface area contributed by atoms with Crippen molar-refractivity contribution in [2.24, 2.45) is 11.8 Å². The average molecular weight is 363 g/mol. The molecule has 25 heavy (non-hydrogen) atoms. The van der Waals surface area contributed by atoms with Gasteiger partial charge in [0.25, 0.3) is 0 Å². The first-order valence-electron chi connectivity index (χ1n) is 9.62. The SMILES string of the molecule is CCOc1ccc(C2=CCC([C@@H]3CC=C(CC)CC3)CC2)c(F)c1Cl. The molecule has 0 fully saturated rings. The third-order valence-corrected chi connectivity index (χ3v) is 6.16. The Bertz CT molecular complexity index is 677. The van der Waals surface area contributed by atoms with E-state index in [1.807, 2.05) is 13.0 Å². The number of hydrogen-bond acceptors (Lipinski definition) is 1. The van der Waals surface area contributed by atoms with Crippen LogP contribution in [0.15, 0.2) is 29.9 Å². The van der Waals surface area contributed by atoms with E-state index in [1.165, 1.54) is 25.7 Å². The van der Waals surface area contributed by atoms with Crippen molar-refractivity contribution in [2.75, 3.05) is 6.61 Å². The lowest BCUT2D eigenvalue weighted by Crippen LogP contribution is -2.19. The van der Waals surface area contributed by atoms with Gasteiger partial charge in [0.05, 0.1) is 6.61 Å². The van der Waals surface area contributed by atoms with Crippen molar-refractivity contribution >= 4 is 17.2 Å². The van der Waals surface area contributed by atoms with Crippen molar-refractivity contribution in [1.82, 2.24) is 0 Å². The van der Waals surface area contributed by atoms with Crippen LogP contribution < -0.4 is 4.74 Å². The first kappa shape index (κ1) is 18.5. The lowest BCUT2D eigenvalue weighted by molar-refractivity contribution is 0.285. The standard InChI is InChI=1S/C22H28ClFO/c1-3-15-5-7-16(8-6-15)17-9-11-18(12-10-17)19-13-14-20(25-4-2)21(23)22(19)24/h5,11,13-14,16-17H,3-4,6-10,12H2,1-2H3/t16-,17?/m1/s1. The molecular formula is C22H28ClFO. The fourth-order valence-corrected chi connectivity index (χ4v) is 4.45. The van der Waals surface area contributed by atoms with Gasteiger partial charge in [0.2, 0.25) is 0 Å². The van der Waals surface area contributed by atoms with E-state index in [0.29, 0.717) is 17.9 Å². The summed E-state index contributed by atoms with van der Waals surface area (Å²) in [4.78, 5) is 0. The molecule has 1 nitrogen and oxygen atoms in total. The molecule has 2 aliphatic carbocycles. The van der Waals surface area contributed by atoms with Gasteiger partial charge in [0, 0.05) is 5.56 Å². The molecule has 0 aromatic heterocycles. The highest BCUT2D eigenvalue weighted by Crippen LogP contribution is 2.41. The van der Waals surface area contributed by atoms with Crippen LogP contribution in [-0.2, 0) is 0 Å². The highest BCUT2D eigenvalue weighted by atomic mass is 35.5. The molecule has 0 aliphatic heterocycles. The molecule has 136 valence electrons. The van der Waals surface area contributed by atoms with Crippen LogP contribution in [0.4, 0.5) is 4.39 Å². The van der Waals surface area contributed by atoms with Crippen molar-refractivity contribution < 1.29 is 9.13 Å². The summed E-state index contributed by atoms with van der Waals surface area (Å²) in [6, 6.07) is 3.60. The van der Waals surface area contributed by atoms with E-state index < -0.39 is 0 Å². The van der Waals surface area contributed by atoms with Crippen molar-refractivity contribution in [3.05, 3.63) is 46.3 Å². The maximum Gasteiger partial charge on any atom is 0.153 e. The third-order valence-electron chi connectivity index (χ3n) is 5.81. The Balaban J connectivity index is 1.69. The normalized spacial score (nSPS) is 23.8. The predicted octanol–water partition coefficient (Wildman–Crippen LogP) is 7.20. The van der Waals surface area contributed by atoms with E-state index in [1.54, 1.807) is 11.6 Å². The fourth-order valence-electron chi connectivity index (χ4n) is 4.23. The second kappa shape index (κ2) is 8.40. The molecule has 0 spiro atoms. The van der Waals surface area contributed by atoms with Gasteiger partial charge >= 0.3 is 0 Å². The Morgan fingerprint density at radius 3 is 2.36 bits per heavy atom. The number of benzene rings is 1. The van der Waals surface area contributed by atoms with Gasteiger partial charge in [0.1, 0.15) is 10.8 Å². The highest BCUT2D eigenvalue weighted by molar-refractivity contribution is 6.32. The fraction of sp³-hybridized carbons (Fsp3) is 0.545. The monoisotopic (exact) mass is 362 g/mol. The number of hydrogen-bond donors (Lipinski definition) is 0. The minimum Gasteiger partial charge on any atom is -0.492 e. The van der Waals surface area contributed by atoms with Gasteiger partial charge in [-0.3, -0.25) is 0 Å². The summed E-state index contributed by atoms with van der Waals surface area (Å²) in [6.45, 7) is 4.60. The minimum absolute atomic E-state index is 0.104. The van der Waals surface area contributed by atoms with Crippen molar-refractivity contribution in [2.45, 2.75) is 58.8 Å². The molecule has 0 amide bonds. The number of allylic oxidation sites excluding steroid dienone is 4. The van der Waals surface area contributed by atoms with E-state index in [-0.39, 0.29) is 10.8 Å². The first-order valence-corrected chi connectivity index (χ1v) is 9.99. The smallest absolute Gasteiger partial charge is 0.153 e.